The molecule has 1 aromatic rings. The fraction of sp³-hybridized carbons (Fsp3) is 0.444. The average Bonchev–Trinajstić information content (AvgIpc) is 2.12. The Morgan fingerprint density at radius 2 is 2.38 bits per heavy atom. The molecule has 70 valence electrons. The number of rotatable bonds is 3. The fourth-order valence-corrected chi connectivity index (χ4v) is 1.07. The van der Waals surface area contributed by atoms with E-state index in [1.165, 1.54) is 0 Å². The lowest BCUT2D eigenvalue weighted by molar-refractivity contribution is -0.0812. The van der Waals surface area contributed by atoms with Gasteiger partial charge in [-0.15, -0.1) is 0 Å². The number of nitrogens with zero attached hydrogens (tertiary/aromatic N) is 1. The van der Waals surface area contributed by atoms with Crippen molar-refractivity contribution in [1.29, 1.82) is 0 Å². The molecule has 0 aliphatic carbocycles. The summed E-state index contributed by atoms with van der Waals surface area (Å²) in [5.41, 5.74) is 0. The molecule has 0 spiro atoms. The van der Waals surface area contributed by atoms with Gasteiger partial charge in [0, 0.05) is 13.1 Å². The number of pyridine rings is 1. The SMILES string of the molecule is CNc1cccc(OC2COC2)n1. The Hall–Kier alpha value is -1.29. The van der Waals surface area contributed by atoms with Crippen molar-refractivity contribution in [2.45, 2.75) is 6.10 Å². The van der Waals surface area contributed by atoms with E-state index < -0.39 is 0 Å². The van der Waals surface area contributed by atoms with Gasteiger partial charge in [0.15, 0.2) is 0 Å². The van der Waals surface area contributed by atoms with Crippen LogP contribution in [0.25, 0.3) is 0 Å². The third-order valence-electron chi connectivity index (χ3n) is 1.87. The average molecular weight is 180 g/mol. The van der Waals surface area contributed by atoms with Gasteiger partial charge in [0.1, 0.15) is 11.9 Å². The number of anilines is 1. The molecule has 4 heteroatoms. The molecule has 0 atom stereocenters. The standard InChI is InChI=1S/C9H12N2O2/c1-10-8-3-2-4-9(11-8)13-7-5-12-6-7/h2-4,7H,5-6H2,1H3,(H,10,11). The van der Waals surface area contributed by atoms with Crippen LogP contribution in [0.5, 0.6) is 5.88 Å². The topological polar surface area (TPSA) is 43.4 Å². The van der Waals surface area contributed by atoms with Crippen molar-refractivity contribution in [3.8, 4) is 5.88 Å². The summed E-state index contributed by atoms with van der Waals surface area (Å²) in [5.74, 6) is 1.47. The van der Waals surface area contributed by atoms with Crippen LogP contribution in [0, 0.1) is 0 Å². The van der Waals surface area contributed by atoms with Crippen molar-refractivity contribution in [3.05, 3.63) is 18.2 Å². The highest BCUT2D eigenvalue weighted by Gasteiger charge is 2.20. The lowest BCUT2D eigenvalue weighted by atomic mass is 10.3. The van der Waals surface area contributed by atoms with Gasteiger partial charge in [-0.2, -0.15) is 4.98 Å². The zero-order valence-electron chi connectivity index (χ0n) is 7.49. The van der Waals surface area contributed by atoms with Gasteiger partial charge in [-0.1, -0.05) is 6.07 Å². The van der Waals surface area contributed by atoms with Crippen molar-refractivity contribution >= 4 is 5.82 Å². The summed E-state index contributed by atoms with van der Waals surface area (Å²) >= 11 is 0. The van der Waals surface area contributed by atoms with Crippen molar-refractivity contribution in [3.63, 3.8) is 0 Å². The van der Waals surface area contributed by atoms with Gasteiger partial charge in [-0.05, 0) is 6.07 Å². The van der Waals surface area contributed by atoms with E-state index in [1.807, 2.05) is 25.2 Å². The monoisotopic (exact) mass is 180 g/mol. The summed E-state index contributed by atoms with van der Waals surface area (Å²) in [5, 5.41) is 2.95. The Morgan fingerprint density at radius 1 is 1.54 bits per heavy atom. The van der Waals surface area contributed by atoms with E-state index in [1.54, 1.807) is 0 Å². The van der Waals surface area contributed by atoms with Gasteiger partial charge < -0.3 is 14.8 Å². The van der Waals surface area contributed by atoms with Crippen molar-refractivity contribution in [2.75, 3.05) is 25.6 Å². The van der Waals surface area contributed by atoms with Crippen molar-refractivity contribution in [2.24, 2.45) is 0 Å². The number of hydrogen-bond acceptors (Lipinski definition) is 4. The maximum absolute atomic E-state index is 5.52. The molecule has 2 rings (SSSR count). The molecule has 0 radical (unpaired) electrons. The quantitative estimate of drug-likeness (QED) is 0.750. The maximum atomic E-state index is 5.52. The molecule has 1 N–H and O–H groups in total. The first kappa shape index (κ1) is 8.31. The molecule has 0 amide bonds. The van der Waals surface area contributed by atoms with Gasteiger partial charge in [0.2, 0.25) is 5.88 Å². The lowest BCUT2D eigenvalue weighted by Crippen LogP contribution is -2.38. The van der Waals surface area contributed by atoms with E-state index in [-0.39, 0.29) is 6.10 Å². The lowest BCUT2D eigenvalue weighted by Gasteiger charge is -2.26. The molecule has 1 saturated heterocycles. The van der Waals surface area contributed by atoms with Crippen LogP contribution in [-0.2, 0) is 4.74 Å². The molecule has 1 aliphatic heterocycles. The predicted octanol–water partition coefficient (Wildman–Crippen LogP) is 0.901. The van der Waals surface area contributed by atoms with Gasteiger partial charge in [0.25, 0.3) is 0 Å². The first-order valence-electron chi connectivity index (χ1n) is 4.27. The van der Waals surface area contributed by atoms with Gasteiger partial charge in [-0.25, -0.2) is 0 Å². The van der Waals surface area contributed by atoms with Crippen molar-refractivity contribution in [1.82, 2.24) is 4.98 Å². The van der Waals surface area contributed by atoms with Crippen LogP contribution in [0.4, 0.5) is 5.82 Å². The minimum absolute atomic E-state index is 0.180. The molecule has 1 aliphatic rings. The Labute approximate surface area is 76.9 Å². The van der Waals surface area contributed by atoms with Gasteiger partial charge in [-0.3, -0.25) is 0 Å². The van der Waals surface area contributed by atoms with E-state index in [0.717, 1.165) is 5.82 Å². The van der Waals surface area contributed by atoms with Crippen LogP contribution in [0.3, 0.4) is 0 Å². The second-order valence-electron chi connectivity index (χ2n) is 2.89. The normalized spacial score (nSPS) is 16.4. The Morgan fingerprint density at radius 3 is 3.00 bits per heavy atom. The third-order valence-corrected chi connectivity index (χ3v) is 1.87. The van der Waals surface area contributed by atoms with Gasteiger partial charge in [0.05, 0.1) is 13.2 Å². The van der Waals surface area contributed by atoms with Crippen LogP contribution in [0.15, 0.2) is 18.2 Å². The third kappa shape index (κ3) is 1.89. The minimum Gasteiger partial charge on any atom is -0.469 e. The van der Waals surface area contributed by atoms with E-state index in [4.69, 9.17) is 9.47 Å². The molecule has 1 fully saturated rings. The van der Waals surface area contributed by atoms with E-state index in [9.17, 15) is 0 Å². The first-order chi connectivity index (χ1) is 6.38. The number of hydrogen-bond donors (Lipinski definition) is 1. The Kier molecular flexibility index (Phi) is 2.31. The predicted molar refractivity (Wildman–Crippen MR) is 49.0 cm³/mol. The largest absolute Gasteiger partial charge is 0.469 e. The fourth-order valence-electron chi connectivity index (χ4n) is 1.07. The highest BCUT2D eigenvalue weighted by atomic mass is 16.6. The highest BCUT2D eigenvalue weighted by Crippen LogP contribution is 2.15. The first-order valence-corrected chi connectivity index (χ1v) is 4.27. The summed E-state index contributed by atoms with van der Waals surface area (Å²) in [6, 6.07) is 5.65. The van der Waals surface area contributed by atoms with E-state index >= 15 is 0 Å². The van der Waals surface area contributed by atoms with Crippen molar-refractivity contribution < 1.29 is 9.47 Å². The minimum atomic E-state index is 0.180. The molecule has 13 heavy (non-hydrogen) atoms. The summed E-state index contributed by atoms with van der Waals surface area (Å²) in [6.45, 7) is 1.34. The Balaban J connectivity index is 2.01. The molecule has 0 saturated carbocycles. The number of ether oxygens (including phenoxy) is 2. The summed E-state index contributed by atoms with van der Waals surface area (Å²) in [4.78, 5) is 4.22. The molecule has 0 aromatic carbocycles. The Bertz CT molecular complexity index is 287. The molecule has 4 nitrogen and oxygen atoms in total. The maximum Gasteiger partial charge on any atom is 0.215 e. The molecule has 0 bridgehead atoms. The molecule has 1 aromatic heterocycles. The van der Waals surface area contributed by atoms with Crippen LogP contribution in [0.2, 0.25) is 0 Å². The summed E-state index contributed by atoms with van der Waals surface area (Å²) < 4.78 is 10.5. The highest BCUT2D eigenvalue weighted by molar-refractivity contribution is 5.36. The van der Waals surface area contributed by atoms with Crippen LogP contribution < -0.4 is 10.1 Å². The smallest absolute Gasteiger partial charge is 0.215 e. The molecular formula is C9H12N2O2. The van der Waals surface area contributed by atoms with E-state index in [0.29, 0.717) is 19.1 Å². The molecule has 0 unspecified atom stereocenters. The number of aromatic nitrogens is 1. The number of nitrogens with one attached hydrogen (secondary N) is 1. The zero-order valence-corrected chi connectivity index (χ0v) is 7.49. The second-order valence-corrected chi connectivity index (χ2v) is 2.89. The van der Waals surface area contributed by atoms with Crippen LogP contribution in [0.1, 0.15) is 0 Å². The summed E-state index contributed by atoms with van der Waals surface area (Å²) in [6.07, 6.45) is 0.180. The summed E-state index contributed by atoms with van der Waals surface area (Å²) in [7, 11) is 1.83. The van der Waals surface area contributed by atoms with Gasteiger partial charge >= 0.3 is 0 Å². The second kappa shape index (κ2) is 3.62. The zero-order chi connectivity index (χ0) is 9.10. The van der Waals surface area contributed by atoms with E-state index in [2.05, 4.69) is 10.3 Å². The van der Waals surface area contributed by atoms with Crippen LogP contribution >= 0.6 is 0 Å². The molecule has 2 heterocycles. The van der Waals surface area contributed by atoms with Crippen LogP contribution in [-0.4, -0.2) is 31.3 Å². The molecular weight excluding hydrogens is 168 g/mol.